The van der Waals surface area contributed by atoms with Crippen molar-refractivity contribution in [3.05, 3.63) is 48.3 Å². The Balaban J connectivity index is 1.32. The molecule has 0 spiro atoms. The largest absolute Gasteiger partial charge is 0.356 e. The molecule has 0 saturated carbocycles. The van der Waals surface area contributed by atoms with Crippen LogP contribution in [0.1, 0.15) is 44.2 Å². The molecule has 2 aromatic rings. The molecule has 6 nitrogen and oxygen atoms in total. The zero-order valence-corrected chi connectivity index (χ0v) is 16.6. The van der Waals surface area contributed by atoms with Crippen molar-refractivity contribution in [3.8, 4) is 0 Å². The molecule has 2 aliphatic rings. The number of piperidine rings is 1. The van der Waals surface area contributed by atoms with E-state index in [9.17, 15) is 4.79 Å². The first-order valence-electron chi connectivity index (χ1n) is 10.4. The lowest BCUT2D eigenvalue weighted by Crippen LogP contribution is -2.41. The van der Waals surface area contributed by atoms with Gasteiger partial charge >= 0.3 is 0 Å². The van der Waals surface area contributed by atoms with Crippen molar-refractivity contribution in [3.63, 3.8) is 0 Å². The van der Waals surface area contributed by atoms with Gasteiger partial charge in [0.2, 0.25) is 5.91 Å². The number of carbonyl (C=O) groups is 1. The highest BCUT2D eigenvalue weighted by atomic mass is 16.1. The minimum absolute atomic E-state index is 0.0385. The molecule has 0 radical (unpaired) electrons. The molecular formula is C22H29N5O. The average molecular weight is 380 g/mol. The normalized spacial score (nSPS) is 18.9. The molecule has 0 aliphatic carbocycles. The summed E-state index contributed by atoms with van der Waals surface area (Å²) in [6.07, 6.45) is 5.86. The highest BCUT2D eigenvalue weighted by molar-refractivity contribution is 5.79. The van der Waals surface area contributed by atoms with Crippen LogP contribution in [0.3, 0.4) is 0 Å². The monoisotopic (exact) mass is 379 g/mol. The third-order valence-corrected chi connectivity index (χ3v) is 5.92. The Hall–Kier alpha value is -2.63. The number of carbonyl (C=O) groups excluding carboxylic acids is 1. The van der Waals surface area contributed by atoms with Gasteiger partial charge in [0.05, 0.1) is 6.04 Å². The Labute approximate surface area is 167 Å². The second-order valence-electron chi connectivity index (χ2n) is 7.83. The van der Waals surface area contributed by atoms with Crippen LogP contribution >= 0.6 is 0 Å². The van der Waals surface area contributed by atoms with Crippen molar-refractivity contribution in [2.24, 2.45) is 5.92 Å². The van der Waals surface area contributed by atoms with Crippen molar-refractivity contribution in [2.45, 2.75) is 38.6 Å². The lowest BCUT2D eigenvalue weighted by Gasteiger charge is -2.33. The molecule has 2 saturated heterocycles. The average Bonchev–Trinajstić information content (AvgIpc) is 3.29. The Morgan fingerprint density at radius 1 is 1.00 bits per heavy atom. The second-order valence-corrected chi connectivity index (χ2v) is 7.83. The van der Waals surface area contributed by atoms with Gasteiger partial charge in [-0.3, -0.25) is 4.79 Å². The predicted molar refractivity (Wildman–Crippen MR) is 111 cm³/mol. The first-order chi connectivity index (χ1) is 13.7. The number of amides is 1. The van der Waals surface area contributed by atoms with Crippen LogP contribution < -0.4 is 15.1 Å². The summed E-state index contributed by atoms with van der Waals surface area (Å²) in [5.41, 5.74) is 1.14. The minimum Gasteiger partial charge on any atom is -0.356 e. The first-order valence-corrected chi connectivity index (χ1v) is 10.4. The number of benzene rings is 1. The van der Waals surface area contributed by atoms with E-state index >= 15 is 0 Å². The maximum Gasteiger partial charge on any atom is 0.223 e. The molecule has 0 bridgehead atoms. The third kappa shape index (κ3) is 4.26. The Morgan fingerprint density at radius 3 is 2.25 bits per heavy atom. The number of aromatic nitrogens is 2. The molecule has 6 heteroatoms. The Bertz CT molecular complexity index is 783. The van der Waals surface area contributed by atoms with Crippen molar-refractivity contribution >= 4 is 17.5 Å². The highest BCUT2D eigenvalue weighted by Gasteiger charge is 2.27. The van der Waals surface area contributed by atoms with Crippen molar-refractivity contribution < 1.29 is 4.79 Å². The highest BCUT2D eigenvalue weighted by Crippen LogP contribution is 2.26. The van der Waals surface area contributed by atoms with Gasteiger partial charge in [0.1, 0.15) is 18.0 Å². The number of nitrogens with one attached hydrogen (secondary N) is 1. The summed E-state index contributed by atoms with van der Waals surface area (Å²) >= 11 is 0. The van der Waals surface area contributed by atoms with E-state index in [0.29, 0.717) is 0 Å². The topological polar surface area (TPSA) is 61.4 Å². The molecule has 1 unspecified atom stereocenters. The molecular weight excluding hydrogens is 350 g/mol. The van der Waals surface area contributed by atoms with Gasteiger partial charge in [0.15, 0.2) is 0 Å². The lowest BCUT2D eigenvalue weighted by atomic mass is 9.95. The van der Waals surface area contributed by atoms with Crippen molar-refractivity contribution in [1.82, 2.24) is 15.3 Å². The van der Waals surface area contributed by atoms with Crippen LogP contribution in [-0.2, 0) is 4.79 Å². The molecule has 3 heterocycles. The fourth-order valence-electron chi connectivity index (χ4n) is 4.16. The number of hydrogen-bond acceptors (Lipinski definition) is 5. The molecule has 1 atom stereocenters. The first kappa shape index (κ1) is 18.7. The molecule has 4 rings (SSSR count). The Kier molecular flexibility index (Phi) is 5.74. The van der Waals surface area contributed by atoms with E-state index in [1.165, 1.54) is 12.8 Å². The van der Waals surface area contributed by atoms with Crippen LogP contribution in [-0.4, -0.2) is 42.1 Å². The van der Waals surface area contributed by atoms with E-state index in [1.54, 1.807) is 6.33 Å². The van der Waals surface area contributed by atoms with Crippen LogP contribution in [0.5, 0.6) is 0 Å². The number of hydrogen-bond donors (Lipinski definition) is 1. The minimum atomic E-state index is 0.0385. The van der Waals surface area contributed by atoms with Crippen LogP contribution in [0.4, 0.5) is 11.6 Å². The maximum atomic E-state index is 12.7. The zero-order chi connectivity index (χ0) is 19.3. The third-order valence-electron chi connectivity index (χ3n) is 5.92. The van der Waals surface area contributed by atoms with Gasteiger partial charge in [-0.15, -0.1) is 0 Å². The van der Waals surface area contributed by atoms with E-state index < -0.39 is 0 Å². The molecule has 2 aliphatic heterocycles. The number of rotatable bonds is 5. The molecule has 2 fully saturated rings. The fourth-order valence-corrected chi connectivity index (χ4v) is 4.16. The van der Waals surface area contributed by atoms with E-state index in [2.05, 4.69) is 43.3 Å². The van der Waals surface area contributed by atoms with E-state index in [0.717, 1.165) is 56.2 Å². The van der Waals surface area contributed by atoms with Crippen LogP contribution in [0.15, 0.2) is 42.7 Å². The maximum absolute atomic E-state index is 12.7. The van der Waals surface area contributed by atoms with Gasteiger partial charge in [-0.25, -0.2) is 9.97 Å². The SMILES string of the molecule is CC(NC(=O)C1CCN(c2cc(N3CCCC3)ncn2)CC1)c1ccccc1. The molecule has 1 aromatic heterocycles. The molecule has 28 heavy (non-hydrogen) atoms. The molecule has 1 N–H and O–H groups in total. The second kappa shape index (κ2) is 8.59. The van der Waals surface area contributed by atoms with Gasteiger partial charge in [0, 0.05) is 38.2 Å². The molecule has 1 aromatic carbocycles. The fraction of sp³-hybridized carbons (Fsp3) is 0.500. The summed E-state index contributed by atoms with van der Waals surface area (Å²) in [6, 6.07) is 12.3. The van der Waals surface area contributed by atoms with Gasteiger partial charge < -0.3 is 15.1 Å². The van der Waals surface area contributed by atoms with Crippen molar-refractivity contribution in [1.29, 1.82) is 0 Å². The predicted octanol–water partition coefficient (Wildman–Crippen LogP) is 3.17. The summed E-state index contributed by atoms with van der Waals surface area (Å²) in [5, 5.41) is 3.18. The van der Waals surface area contributed by atoms with Crippen molar-refractivity contribution in [2.75, 3.05) is 36.0 Å². The lowest BCUT2D eigenvalue weighted by molar-refractivity contribution is -0.126. The van der Waals surface area contributed by atoms with Gasteiger partial charge in [0.25, 0.3) is 0 Å². The van der Waals surface area contributed by atoms with E-state index in [-0.39, 0.29) is 17.9 Å². The summed E-state index contributed by atoms with van der Waals surface area (Å²) < 4.78 is 0. The number of nitrogens with zero attached hydrogens (tertiary/aromatic N) is 4. The molecule has 1 amide bonds. The summed E-state index contributed by atoms with van der Waals surface area (Å²) in [4.78, 5) is 26.2. The zero-order valence-electron chi connectivity index (χ0n) is 16.6. The smallest absolute Gasteiger partial charge is 0.223 e. The van der Waals surface area contributed by atoms with Gasteiger partial charge in [-0.05, 0) is 38.2 Å². The van der Waals surface area contributed by atoms with Crippen LogP contribution in [0.25, 0.3) is 0 Å². The van der Waals surface area contributed by atoms with Crippen LogP contribution in [0, 0.1) is 5.92 Å². The number of anilines is 2. The van der Waals surface area contributed by atoms with Gasteiger partial charge in [-0.2, -0.15) is 0 Å². The van der Waals surface area contributed by atoms with E-state index in [1.807, 2.05) is 25.1 Å². The van der Waals surface area contributed by atoms with Gasteiger partial charge in [-0.1, -0.05) is 30.3 Å². The summed E-state index contributed by atoms with van der Waals surface area (Å²) in [6.45, 7) is 5.92. The Morgan fingerprint density at radius 2 is 1.61 bits per heavy atom. The quantitative estimate of drug-likeness (QED) is 0.865. The standard InChI is InChI=1S/C22H29N5O/c1-17(18-7-3-2-4-8-18)25-22(28)19-9-13-27(14-10-19)21-15-20(23-16-24-21)26-11-5-6-12-26/h2-4,7-8,15-17,19H,5-6,9-14H2,1H3,(H,25,28). The molecule has 148 valence electrons. The summed E-state index contributed by atoms with van der Waals surface area (Å²) in [7, 11) is 0. The summed E-state index contributed by atoms with van der Waals surface area (Å²) in [5.74, 6) is 2.24. The van der Waals surface area contributed by atoms with Crippen LogP contribution in [0.2, 0.25) is 0 Å². The van der Waals surface area contributed by atoms with E-state index in [4.69, 9.17) is 0 Å².